The molecule has 3 N–H and O–H groups in total. The minimum atomic E-state index is -0.877. The molecule has 1 fully saturated rings. The molecular formula is C21H24FN5O3. The van der Waals surface area contributed by atoms with Gasteiger partial charge in [-0.2, -0.15) is 0 Å². The molecule has 2 aromatic rings. The fraction of sp³-hybridized carbons (Fsp3) is 0.429. The Morgan fingerprint density at radius 3 is 2.83 bits per heavy atom. The summed E-state index contributed by atoms with van der Waals surface area (Å²) in [4.78, 5) is 25.0. The van der Waals surface area contributed by atoms with Crippen molar-refractivity contribution in [1.29, 1.82) is 0 Å². The van der Waals surface area contributed by atoms with Crippen LogP contribution in [0.5, 0.6) is 5.88 Å². The number of carbonyl (C=O) groups is 1. The summed E-state index contributed by atoms with van der Waals surface area (Å²) in [7, 11) is 1.47. The van der Waals surface area contributed by atoms with Gasteiger partial charge in [0.15, 0.2) is 0 Å². The monoisotopic (exact) mass is 413 g/mol. The second-order valence-corrected chi connectivity index (χ2v) is 7.74. The summed E-state index contributed by atoms with van der Waals surface area (Å²) in [6.45, 7) is 1.88. The van der Waals surface area contributed by atoms with E-state index >= 15 is 0 Å². The maximum absolute atomic E-state index is 14.9. The SMILES string of the molecule is COc1cnc(C(=O)Nc2ccc(F)c([C@@]3(C)N=C(N)OC4CCCCC43)c2)cn1. The van der Waals surface area contributed by atoms with Gasteiger partial charge >= 0.3 is 0 Å². The molecule has 2 unspecified atom stereocenters. The average molecular weight is 413 g/mol. The lowest BCUT2D eigenvalue weighted by atomic mass is 9.70. The number of methoxy groups -OCH3 is 1. The average Bonchev–Trinajstić information content (AvgIpc) is 2.75. The molecule has 1 aromatic carbocycles. The van der Waals surface area contributed by atoms with Crippen LogP contribution in [0.25, 0.3) is 0 Å². The van der Waals surface area contributed by atoms with Gasteiger partial charge in [-0.05, 0) is 44.4 Å². The van der Waals surface area contributed by atoms with Crippen molar-refractivity contribution in [3.05, 3.63) is 47.7 Å². The van der Waals surface area contributed by atoms with Crippen LogP contribution in [0.15, 0.2) is 35.6 Å². The van der Waals surface area contributed by atoms with E-state index in [0.717, 1.165) is 25.7 Å². The molecule has 9 heteroatoms. The number of nitrogens with zero attached hydrogens (tertiary/aromatic N) is 3. The highest BCUT2D eigenvalue weighted by molar-refractivity contribution is 6.02. The van der Waals surface area contributed by atoms with Crippen molar-refractivity contribution in [2.75, 3.05) is 12.4 Å². The predicted octanol–water partition coefficient (Wildman–Crippen LogP) is 3.00. The third-order valence-electron chi connectivity index (χ3n) is 5.88. The number of aromatic nitrogens is 2. The van der Waals surface area contributed by atoms with Gasteiger partial charge in [0.25, 0.3) is 11.9 Å². The summed E-state index contributed by atoms with van der Waals surface area (Å²) >= 11 is 0. The number of ether oxygens (including phenoxy) is 2. The molecule has 4 rings (SSSR count). The first kappa shape index (κ1) is 20.1. The van der Waals surface area contributed by atoms with Crippen LogP contribution in [-0.2, 0) is 10.3 Å². The minimum Gasteiger partial charge on any atom is -0.480 e. The highest BCUT2D eigenvalue weighted by Gasteiger charge is 2.47. The third kappa shape index (κ3) is 3.67. The summed E-state index contributed by atoms with van der Waals surface area (Å²) in [5.41, 5.74) is 5.99. The van der Waals surface area contributed by atoms with Crippen LogP contribution in [0.1, 0.15) is 48.7 Å². The standard InChI is InChI=1S/C21H24FN5O3/c1-21(13-5-3-4-6-17(13)30-20(23)27-21)14-9-12(7-8-15(14)22)26-19(28)16-10-25-18(29-2)11-24-16/h7-11,13,17H,3-6H2,1-2H3,(H2,23,27)(H,26,28)/t13?,17?,21-/m0/s1. The number of amidine groups is 1. The highest BCUT2D eigenvalue weighted by atomic mass is 19.1. The molecule has 1 aliphatic heterocycles. The number of benzene rings is 1. The Morgan fingerprint density at radius 2 is 2.10 bits per heavy atom. The van der Waals surface area contributed by atoms with Gasteiger partial charge < -0.3 is 20.5 Å². The second-order valence-electron chi connectivity index (χ2n) is 7.74. The molecule has 1 amide bonds. The van der Waals surface area contributed by atoms with Crippen molar-refractivity contribution >= 4 is 17.6 Å². The molecule has 2 heterocycles. The van der Waals surface area contributed by atoms with Crippen LogP contribution in [-0.4, -0.2) is 35.1 Å². The Kier molecular flexibility index (Phi) is 5.27. The molecule has 2 aliphatic rings. The normalized spacial score (nSPS) is 25.5. The Balaban J connectivity index is 1.64. The minimum absolute atomic E-state index is 0.00598. The lowest BCUT2D eigenvalue weighted by Gasteiger charge is -2.45. The van der Waals surface area contributed by atoms with Crippen molar-refractivity contribution in [3.8, 4) is 5.88 Å². The maximum atomic E-state index is 14.9. The van der Waals surface area contributed by atoms with E-state index in [4.69, 9.17) is 15.2 Å². The first-order chi connectivity index (χ1) is 14.4. The van der Waals surface area contributed by atoms with Crippen molar-refractivity contribution in [3.63, 3.8) is 0 Å². The van der Waals surface area contributed by atoms with Gasteiger partial charge in [-0.15, -0.1) is 0 Å². The number of nitrogens with two attached hydrogens (primary N) is 1. The van der Waals surface area contributed by atoms with E-state index in [9.17, 15) is 9.18 Å². The zero-order valence-corrected chi connectivity index (χ0v) is 16.9. The lowest BCUT2D eigenvalue weighted by molar-refractivity contribution is 0.0147. The van der Waals surface area contributed by atoms with E-state index in [2.05, 4.69) is 20.3 Å². The molecule has 1 aromatic heterocycles. The summed E-state index contributed by atoms with van der Waals surface area (Å²) in [5, 5.41) is 2.74. The molecule has 0 radical (unpaired) electrons. The molecule has 1 saturated carbocycles. The molecule has 3 atom stereocenters. The fourth-order valence-electron chi connectivity index (χ4n) is 4.36. The van der Waals surface area contributed by atoms with Gasteiger partial charge in [-0.1, -0.05) is 6.42 Å². The van der Waals surface area contributed by atoms with Crippen LogP contribution < -0.4 is 15.8 Å². The van der Waals surface area contributed by atoms with Crippen molar-refractivity contribution in [2.45, 2.75) is 44.2 Å². The number of hydrogen-bond acceptors (Lipinski definition) is 7. The maximum Gasteiger partial charge on any atom is 0.283 e. The van der Waals surface area contributed by atoms with Crippen molar-refractivity contribution < 1.29 is 18.7 Å². The van der Waals surface area contributed by atoms with E-state index in [1.807, 2.05) is 6.92 Å². The summed E-state index contributed by atoms with van der Waals surface area (Å²) in [6.07, 6.45) is 6.40. The number of halogens is 1. The van der Waals surface area contributed by atoms with Gasteiger partial charge in [0.05, 0.1) is 25.0 Å². The van der Waals surface area contributed by atoms with E-state index in [1.54, 1.807) is 6.07 Å². The first-order valence-corrected chi connectivity index (χ1v) is 9.90. The van der Waals surface area contributed by atoms with Crippen LogP contribution in [0, 0.1) is 11.7 Å². The van der Waals surface area contributed by atoms with E-state index in [0.29, 0.717) is 17.1 Å². The fourth-order valence-corrected chi connectivity index (χ4v) is 4.36. The van der Waals surface area contributed by atoms with E-state index in [1.165, 1.54) is 31.6 Å². The predicted molar refractivity (Wildman–Crippen MR) is 109 cm³/mol. The van der Waals surface area contributed by atoms with Crippen LogP contribution in [0.3, 0.4) is 0 Å². The van der Waals surface area contributed by atoms with Gasteiger partial charge in [-0.25, -0.2) is 19.4 Å². The molecule has 8 nitrogen and oxygen atoms in total. The summed E-state index contributed by atoms with van der Waals surface area (Å²) in [6, 6.07) is 4.51. The largest absolute Gasteiger partial charge is 0.480 e. The van der Waals surface area contributed by atoms with Crippen LogP contribution in [0.2, 0.25) is 0 Å². The Hall–Kier alpha value is -3.23. The molecule has 0 saturated heterocycles. The van der Waals surface area contributed by atoms with Crippen LogP contribution >= 0.6 is 0 Å². The number of hydrogen-bond donors (Lipinski definition) is 2. The second kappa shape index (κ2) is 7.89. The van der Waals surface area contributed by atoms with E-state index in [-0.39, 0.29) is 23.7 Å². The number of nitrogens with one attached hydrogen (secondary N) is 1. The van der Waals surface area contributed by atoms with Gasteiger partial charge in [-0.3, -0.25) is 4.79 Å². The molecular weight excluding hydrogens is 389 g/mol. The zero-order chi connectivity index (χ0) is 21.3. The number of amides is 1. The van der Waals surface area contributed by atoms with Gasteiger partial charge in [0, 0.05) is 17.2 Å². The number of carbonyl (C=O) groups excluding carboxylic acids is 1. The van der Waals surface area contributed by atoms with Gasteiger partial charge in [0.1, 0.15) is 17.6 Å². The summed E-state index contributed by atoms with van der Waals surface area (Å²) < 4.78 is 25.6. The van der Waals surface area contributed by atoms with E-state index < -0.39 is 17.3 Å². The quantitative estimate of drug-likeness (QED) is 0.797. The van der Waals surface area contributed by atoms with Crippen molar-refractivity contribution in [2.24, 2.45) is 16.6 Å². The Bertz CT molecular complexity index is 981. The smallest absolute Gasteiger partial charge is 0.283 e. The summed E-state index contributed by atoms with van der Waals surface area (Å²) in [5.74, 6) is -0.548. The number of anilines is 1. The first-order valence-electron chi connectivity index (χ1n) is 9.90. The zero-order valence-electron chi connectivity index (χ0n) is 16.9. The third-order valence-corrected chi connectivity index (χ3v) is 5.88. The number of fused-ring (bicyclic) bond motifs is 1. The number of rotatable bonds is 4. The highest BCUT2D eigenvalue weighted by Crippen LogP contribution is 2.46. The van der Waals surface area contributed by atoms with Gasteiger partial charge in [0.2, 0.25) is 5.88 Å². The molecule has 30 heavy (non-hydrogen) atoms. The molecule has 158 valence electrons. The lowest BCUT2D eigenvalue weighted by Crippen LogP contribution is -2.49. The Morgan fingerprint density at radius 1 is 1.30 bits per heavy atom. The number of aliphatic imine (C=N–C) groups is 1. The molecule has 1 aliphatic carbocycles. The topological polar surface area (TPSA) is 112 Å². The molecule has 0 spiro atoms. The Labute approximate surface area is 173 Å². The molecule has 0 bridgehead atoms. The van der Waals surface area contributed by atoms with Crippen LogP contribution in [0.4, 0.5) is 10.1 Å². The van der Waals surface area contributed by atoms with Crippen molar-refractivity contribution in [1.82, 2.24) is 9.97 Å².